The maximum atomic E-state index is 11.0. The summed E-state index contributed by atoms with van der Waals surface area (Å²) in [7, 11) is 0. The van der Waals surface area contributed by atoms with Crippen LogP contribution >= 0.6 is 0 Å². The second-order valence-corrected chi connectivity index (χ2v) is 16.7. The van der Waals surface area contributed by atoms with Crippen molar-refractivity contribution in [2.45, 2.75) is 61.6 Å². The molecular weight excluding hydrogens is 689 g/mol. The van der Waals surface area contributed by atoms with E-state index >= 15 is 0 Å². The normalized spacial score (nSPS) is 13.2. The summed E-state index contributed by atoms with van der Waals surface area (Å²) in [6.45, 7) is 12.6. The van der Waals surface area contributed by atoms with Gasteiger partial charge in [0.2, 0.25) is 0 Å². The molecule has 24 heavy (non-hydrogen) atoms. The van der Waals surface area contributed by atoms with Crippen molar-refractivity contribution in [3.8, 4) is 0 Å². The molecule has 6 nitrogen and oxygen atoms in total. The van der Waals surface area contributed by atoms with Gasteiger partial charge in [0.15, 0.2) is 0 Å². The Morgan fingerprint density at radius 1 is 0.750 bits per heavy atom. The third-order valence-electron chi connectivity index (χ3n) is 3.12. The molecule has 0 saturated heterocycles. The quantitative estimate of drug-likeness (QED) is 0.273. The summed E-state index contributed by atoms with van der Waals surface area (Å²) in [6, 6.07) is 0. The Labute approximate surface area is 171 Å². The molecule has 0 aromatic heterocycles. The number of rotatable bonds is 13. The molecule has 0 N–H and O–H groups in total. The number of carbonyl (C=O) groups is 2. The summed E-state index contributed by atoms with van der Waals surface area (Å²) in [5.41, 5.74) is 0. The summed E-state index contributed by atoms with van der Waals surface area (Å²) in [5, 5.41) is 0. The van der Waals surface area contributed by atoms with Crippen LogP contribution in [0.2, 0.25) is 7.86 Å². The standard InChI is InChI=1S/C12H24O2.2C2H4O2.2Hg/c1-9(2)7-13-11(5)12(6)14-8-10(3)4;2*1-2(3)4;;/h9-12H,5-8H2,1-4H3;2*1H3,(H,3,4);;/q;;;2*+1/p-2. The van der Waals surface area contributed by atoms with Gasteiger partial charge in [-0.3, -0.25) is 0 Å². The van der Waals surface area contributed by atoms with Gasteiger partial charge in [-0.25, -0.2) is 0 Å². The predicted octanol–water partition coefficient (Wildman–Crippen LogP) is 3.03. The van der Waals surface area contributed by atoms with Crippen LogP contribution in [-0.4, -0.2) is 37.4 Å². The van der Waals surface area contributed by atoms with E-state index in [0.717, 1.165) is 7.86 Å². The Balaban J connectivity index is 4.75. The van der Waals surface area contributed by atoms with Gasteiger partial charge in [-0.1, -0.05) is 0 Å². The van der Waals surface area contributed by atoms with E-state index in [9.17, 15) is 9.59 Å². The topological polar surface area (TPSA) is 71.1 Å². The fraction of sp³-hybridized carbons (Fsp3) is 0.875. The van der Waals surface area contributed by atoms with Crippen molar-refractivity contribution in [3.63, 3.8) is 0 Å². The number of carbonyl (C=O) groups excluding carboxylic acids is 2. The fourth-order valence-electron chi connectivity index (χ4n) is 2.02. The van der Waals surface area contributed by atoms with Crippen LogP contribution < -0.4 is 0 Å². The monoisotopic (exact) mass is 722 g/mol. The second kappa shape index (κ2) is 14.9. The third-order valence-corrected chi connectivity index (χ3v) is 14.1. The average molecular weight is 720 g/mol. The van der Waals surface area contributed by atoms with Gasteiger partial charge in [-0.05, 0) is 0 Å². The van der Waals surface area contributed by atoms with Crippen LogP contribution in [0.25, 0.3) is 0 Å². The van der Waals surface area contributed by atoms with E-state index in [1.54, 1.807) is 0 Å². The van der Waals surface area contributed by atoms with Gasteiger partial charge in [-0.15, -0.1) is 0 Å². The van der Waals surface area contributed by atoms with Crippen LogP contribution in [0.5, 0.6) is 0 Å². The molecule has 0 aliphatic carbocycles. The first-order valence-electron chi connectivity index (χ1n) is 8.72. The molecule has 0 aliphatic rings. The van der Waals surface area contributed by atoms with Crippen molar-refractivity contribution in [2.24, 2.45) is 11.8 Å². The first-order valence-corrected chi connectivity index (χ1v) is 21.0. The molecule has 0 radical (unpaired) electrons. The van der Waals surface area contributed by atoms with E-state index in [4.69, 9.17) is 14.8 Å². The van der Waals surface area contributed by atoms with Crippen LogP contribution in [0.15, 0.2) is 0 Å². The molecule has 0 fully saturated rings. The van der Waals surface area contributed by atoms with Gasteiger partial charge in [0.05, 0.1) is 0 Å². The Morgan fingerprint density at radius 2 is 1.08 bits per heavy atom. The van der Waals surface area contributed by atoms with E-state index in [2.05, 4.69) is 27.7 Å². The Bertz CT molecular complexity index is 328. The van der Waals surface area contributed by atoms with Crippen LogP contribution in [0.4, 0.5) is 0 Å². The van der Waals surface area contributed by atoms with E-state index in [0.29, 0.717) is 25.0 Å². The van der Waals surface area contributed by atoms with Crippen molar-refractivity contribution in [3.05, 3.63) is 0 Å². The molecule has 0 aliphatic heterocycles. The van der Waals surface area contributed by atoms with Gasteiger partial charge >= 0.3 is 173 Å². The van der Waals surface area contributed by atoms with Crippen molar-refractivity contribution in [1.82, 2.24) is 0 Å². The maximum absolute atomic E-state index is 11.0. The summed E-state index contributed by atoms with van der Waals surface area (Å²) in [5.74, 6) is 0.473. The van der Waals surface area contributed by atoms with E-state index < -0.39 is 50.1 Å². The Morgan fingerprint density at radius 3 is 1.33 bits per heavy atom. The molecule has 0 spiro atoms. The second-order valence-electron chi connectivity index (χ2n) is 6.79. The molecule has 0 heterocycles. The van der Waals surface area contributed by atoms with Gasteiger partial charge in [0.1, 0.15) is 0 Å². The molecular formula is C16H30Hg2O6. The van der Waals surface area contributed by atoms with Crippen LogP contribution in [-0.2, 0) is 74.4 Å². The molecule has 0 aromatic rings. The van der Waals surface area contributed by atoms with Crippen LogP contribution in [0, 0.1) is 11.8 Å². The van der Waals surface area contributed by atoms with Gasteiger partial charge in [0.25, 0.3) is 0 Å². The summed E-state index contributed by atoms with van der Waals surface area (Å²) >= 11 is -3.52. The molecule has 0 saturated carbocycles. The minimum absolute atomic E-state index is 0.0530. The van der Waals surface area contributed by atoms with Crippen LogP contribution in [0.1, 0.15) is 41.5 Å². The van der Waals surface area contributed by atoms with Crippen molar-refractivity contribution < 1.29 is 74.4 Å². The first kappa shape index (κ1) is 24.7. The van der Waals surface area contributed by atoms with Crippen molar-refractivity contribution in [2.75, 3.05) is 13.2 Å². The fourth-order valence-corrected chi connectivity index (χ4v) is 11.2. The summed E-state index contributed by atoms with van der Waals surface area (Å²) in [6.07, 6.45) is -0.106. The zero-order valence-electron chi connectivity index (χ0n) is 16.0. The molecule has 0 aromatic carbocycles. The summed E-state index contributed by atoms with van der Waals surface area (Å²) < 4.78 is 24.3. The average Bonchev–Trinajstić information content (AvgIpc) is 2.45. The summed E-state index contributed by atoms with van der Waals surface area (Å²) in [4.78, 5) is 22.1. The van der Waals surface area contributed by atoms with Gasteiger partial charge < -0.3 is 0 Å². The zero-order valence-corrected chi connectivity index (χ0v) is 27.0. The first-order chi connectivity index (χ1) is 11.2. The Kier molecular flexibility index (Phi) is 15.3. The van der Waals surface area contributed by atoms with Crippen LogP contribution in [0.3, 0.4) is 0 Å². The molecule has 0 rings (SSSR count). The Hall–Kier alpha value is 0.730. The number of ether oxygens (including phenoxy) is 2. The van der Waals surface area contributed by atoms with Crippen molar-refractivity contribution >= 4 is 11.9 Å². The molecule has 0 bridgehead atoms. The molecule has 8 heteroatoms. The van der Waals surface area contributed by atoms with Gasteiger partial charge in [-0.2, -0.15) is 0 Å². The molecule has 0 amide bonds. The zero-order chi connectivity index (χ0) is 18.5. The minimum atomic E-state index is -1.76. The number of hydrogen-bond donors (Lipinski definition) is 0. The molecule has 2 atom stereocenters. The van der Waals surface area contributed by atoms with Gasteiger partial charge in [0, 0.05) is 0 Å². The predicted molar refractivity (Wildman–Crippen MR) is 82.3 cm³/mol. The SMILES string of the molecule is CC(=O)[O][Hg][CH2]C(OCC(C)C)C([CH2][Hg][O]C(C)=O)OCC(C)C. The molecule has 134 valence electrons. The van der Waals surface area contributed by atoms with Crippen molar-refractivity contribution in [1.29, 1.82) is 0 Å². The molecule has 2 unspecified atom stereocenters. The van der Waals surface area contributed by atoms with E-state index in [-0.39, 0.29) is 24.1 Å². The third kappa shape index (κ3) is 15.0. The van der Waals surface area contributed by atoms with E-state index in [1.807, 2.05) is 0 Å². The number of hydrogen-bond acceptors (Lipinski definition) is 6. The van der Waals surface area contributed by atoms with E-state index in [1.165, 1.54) is 13.8 Å².